The molecule has 4 rings (SSSR count). The normalized spacial score (nSPS) is 19.4. The smallest absolute Gasteiger partial charge is 0.408 e. The van der Waals surface area contributed by atoms with Crippen molar-refractivity contribution >= 4 is 17.0 Å². The molecule has 3 aromatic rings. The number of carbonyl (C=O) groups is 1. The van der Waals surface area contributed by atoms with E-state index >= 15 is 0 Å². The molecule has 148 valence electrons. The van der Waals surface area contributed by atoms with Crippen LogP contribution in [0.3, 0.4) is 0 Å². The Hall–Kier alpha value is -2.87. The van der Waals surface area contributed by atoms with E-state index in [1.165, 1.54) is 4.57 Å². The van der Waals surface area contributed by atoms with Crippen LogP contribution in [0.1, 0.15) is 23.4 Å². The molecule has 0 radical (unpaired) electrons. The molecule has 0 saturated carbocycles. The van der Waals surface area contributed by atoms with E-state index in [0.29, 0.717) is 30.7 Å². The van der Waals surface area contributed by atoms with Crippen LogP contribution in [0, 0.1) is 19.8 Å². The Kier molecular flexibility index (Phi) is 5.04. The minimum absolute atomic E-state index is 0.0852. The molecule has 3 heterocycles. The number of aryl methyl sites for hydroxylation is 3. The summed E-state index contributed by atoms with van der Waals surface area (Å²) in [6, 6.07) is 7.36. The number of amides is 1. The molecule has 8 nitrogen and oxygen atoms in total. The van der Waals surface area contributed by atoms with Gasteiger partial charge in [-0.25, -0.2) is 4.79 Å². The van der Waals surface area contributed by atoms with Crippen LogP contribution < -0.4 is 11.1 Å². The van der Waals surface area contributed by atoms with Crippen molar-refractivity contribution in [3.63, 3.8) is 0 Å². The summed E-state index contributed by atoms with van der Waals surface area (Å²) in [6.07, 6.45) is 0.851. The second-order valence-electron chi connectivity index (χ2n) is 7.35. The number of nitrogens with zero attached hydrogens (tertiary/aromatic N) is 2. The maximum atomic E-state index is 12.5. The summed E-state index contributed by atoms with van der Waals surface area (Å²) in [6.45, 7) is 5.12. The van der Waals surface area contributed by atoms with Gasteiger partial charge in [-0.2, -0.15) is 0 Å². The van der Waals surface area contributed by atoms with Gasteiger partial charge in [0.2, 0.25) is 5.91 Å². The lowest BCUT2D eigenvalue weighted by molar-refractivity contribution is -0.122. The molecule has 2 atom stereocenters. The van der Waals surface area contributed by atoms with E-state index in [-0.39, 0.29) is 30.8 Å². The number of ether oxygens (including phenoxy) is 1. The fourth-order valence-electron chi connectivity index (χ4n) is 3.61. The Balaban J connectivity index is 1.37. The van der Waals surface area contributed by atoms with Crippen LogP contribution >= 0.6 is 0 Å². The lowest BCUT2D eigenvalue weighted by Crippen LogP contribution is -2.41. The fourth-order valence-corrected chi connectivity index (χ4v) is 3.61. The monoisotopic (exact) mass is 385 g/mol. The molecule has 0 unspecified atom stereocenters. The van der Waals surface area contributed by atoms with E-state index in [1.807, 2.05) is 32.0 Å². The van der Waals surface area contributed by atoms with Crippen molar-refractivity contribution in [2.24, 2.45) is 5.92 Å². The molecule has 1 amide bonds. The van der Waals surface area contributed by atoms with E-state index in [9.17, 15) is 9.59 Å². The first-order valence-corrected chi connectivity index (χ1v) is 9.39. The van der Waals surface area contributed by atoms with Crippen LogP contribution in [-0.4, -0.2) is 34.9 Å². The van der Waals surface area contributed by atoms with Crippen molar-refractivity contribution in [1.82, 2.24) is 15.0 Å². The summed E-state index contributed by atoms with van der Waals surface area (Å²) >= 11 is 0. The van der Waals surface area contributed by atoms with Crippen LogP contribution in [-0.2, 0) is 22.5 Å². The van der Waals surface area contributed by atoms with Crippen LogP contribution in [0.2, 0.25) is 0 Å². The highest BCUT2D eigenvalue weighted by molar-refractivity contribution is 5.77. The zero-order valence-electron chi connectivity index (χ0n) is 15.9. The molecular weight excluding hydrogens is 362 g/mol. The molecule has 0 bridgehead atoms. The number of aromatic nitrogens is 2. The van der Waals surface area contributed by atoms with Crippen molar-refractivity contribution in [2.45, 2.75) is 39.3 Å². The van der Waals surface area contributed by atoms with Crippen molar-refractivity contribution < 1.29 is 18.5 Å². The first kappa shape index (κ1) is 18.5. The molecule has 0 spiro atoms. The summed E-state index contributed by atoms with van der Waals surface area (Å²) in [4.78, 5) is 24.6. The standard InChI is InChI=1S/C20H23N3O5/c1-12-3-4-18-17(7-12)23(20(25)27-18)6-5-19(24)21-16-11-26-10-14(16)9-15-8-13(2)22-28-15/h3-4,7-8,14,16H,5-6,9-11H2,1-2H3,(H,21,24)/t14-,16+/m0/s1. The molecule has 8 heteroatoms. The lowest BCUT2D eigenvalue weighted by atomic mass is 9.98. The van der Waals surface area contributed by atoms with Crippen molar-refractivity contribution in [3.8, 4) is 0 Å². The number of rotatable bonds is 6. The third-order valence-electron chi connectivity index (χ3n) is 5.07. The van der Waals surface area contributed by atoms with Gasteiger partial charge in [0.25, 0.3) is 0 Å². The van der Waals surface area contributed by atoms with Crippen LogP contribution in [0.25, 0.3) is 11.1 Å². The van der Waals surface area contributed by atoms with Crippen molar-refractivity contribution in [3.05, 3.63) is 51.8 Å². The van der Waals surface area contributed by atoms with Gasteiger partial charge in [-0.1, -0.05) is 11.2 Å². The van der Waals surface area contributed by atoms with Crippen LogP contribution in [0.5, 0.6) is 0 Å². The molecule has 28 heavy (non-hydrogen) atoms. The Morgan fingerprint density at radius 1 is 1.29 bits per heavy atom. The summed E-state index contributed by atoms with van der Waals surface area (Å²) in [7, 11) is 0. The van der Waals surface area contributed by atoms with Crippen molar-refractivity contribution in [1.29, 1.82) is 0 Å². The zero-order chi connectivity index (χ0) is 19.7. The molecule has 2 aromatic heterocycles. The minimum Gasteiger partial charge on any atom is -0.408 e. The van der Waals surface area contributed by atoms with E-state index in [2.05, 4.69) is 10.5 Å². The van der Waals surface area contributed by atoms with Gasteiger partial charge in [0.15, 0.2) is 5.58 Å². The maximum absolute atomic E-state index is 12.5. The molecule has 1 aromatic carbocycles. The molecule has 1 fully saturated rings. The molecule has 1 N–H and O–H groups in total. The Bertz CT molecular complexity index is 1050. The number of nitrogens with one attached hydrogen (secondary N) is 1. The molecule has 0 aliphatic carbocycles. The lowest BCUT2D eigenvalue weighted by Gasteiger charge is -2.18. The summed E-state index contributed by atoms with van der Waals surface area (Å²) < 4.78 is 17.6. The highest BCUT2D eigenvalue weighted by Gasteiger charge is 2.30. The van der Waals surface area contributed by atoms with Crippen LogP contribution in [0.15, 0.2) is 38.0 Å². The molecule has 1 aliphatic heterocycles. The van der Waals surface area contributed by atoms with Gasteiger partial charge in [-0.15, -0.1) is 0 Å². The average molecular weight is 385 g/mol. The first-order chi connectivity index (χ1) is 13.5. The van der Waals surface area contributed by atoms with Gasteiger partial charge in [-0.3, -0.25) is 9.36 Å². The largest absolute Gasteiger partial charge is 0.419 e. The van der Waals surface area contributed by atoms with E-state index in [0.717, 1.165) is 17.0 Å². The van der Waals surface area contributed by atoms with Crippen LogP contribution in [0.4, 0.5) is 0 Å². The maximum Gasteiger partial charge on any atom is 0.419 e. The third kappa shape index (κ3) is 3.87. The SMILES string of the molecule is Cc1ccc2oc(=O)n(CCC(=O)N[C@@H]3COC[C@@H]3Cc3cc(C)no3)c2c1. The summed E-state index contributed by atoms with van der Waals surface area (Å²) in [5, 5.41) is 6.92. The number of hydrogen-bond donors (Lipinski definition) is 1. The Labute approximate surface area is 161 Å². The highest BCUT2D eigenvalue weighted by atomic mass is 16.5. The minimum atomic E-state index is -0.448. The van der Waals surface area contributed by atoms with E-state index in [1.54, 1.807) is 6.07 Å². The molecule has 1 aliphatic rings. The van der Waals surface area contributed by atoms with E-state index < -0.39 is 5.76 Å². The van der Waals surface area contributed by atoms with Gasteiger partial charge in [0.1, 0.15) is 5.76 Å². The first-order valence-electron chi connectivity index (χ1n) is 9.39. The fraction of sp³-hybridized carbons (Fsp3) is 0.450. The van der Waals surface area contributed by atoms with Gasteiger partial charge in [0, 0.05) is 31.4 Å². The Morgan fingerprint density at radius 2 is 2.14 bits per heavy atom. The average Bonchev–Trinajstić information content (AvgIpc) is 3.33. The summed E-state index contributed by atoms with van der Waals surface area (Å²) in [5.41, 5.74) is 3.10. The van der Waals surface area contributed by atoms with E-state index in [4.69, 9.17) is 13.7 Å². The third-order valence-corrected chi connectivity index (χ3v) is 5.07. The zero-order valence-corrected chi connectivity index (χ0v) is 15.9. The number of hydrogen-bond acceptors (Lipinski definition) is 6. The molecule has 1 saturated heterocycles. The number of carbonyl (C=O) groups excluding carboxylic acids is 1. The number of benzene rings is 1. The number of oxazole rings is 1. The highest BCUT2D eigenvalue weighted by Crippen LogP contribution is 2.20. The van der Waals surface area contributed by atoms with Gasteiger partial charge in [0.05, 0.1) is 30.5 Å². The summed E-state index contributed by atoms with van der Waals surface area (Å²) in [5.74, 6) is 0.356. The quantitative estimate of drug-likeness (QED) is 0.696. The van der Waals surface area contributed by atoms with Crippen molar-refractivity contribution in [2.75, 3.05) is 13.2 Å². The second-order valence-corrected chi connectivity index (χ2v) is 7.35. The Morgan fingerprint density at radius 3 is 2.93 bits per heavy atom. The second kappa shape index (κ2) is 7.63. The van der Waals surface area contributed by atoms with Gasteiger partial charge in [-0.05, 0) is 31.5 Å². The predicted octanol–water partition coefficient (Wildman–Crippen LogP) is 1.96. The number of fused-ring (bicyclic) bond motifs is 1. The predicted molar refractivity (Wildman–Crippen MR) is 101 cm³/mol. The van der Waals surface area contributed by atoms with Gasteiger partial charge < -0.3 is 19.0 Å². The topological polar surface area (TPSA) is 99.5 Å². The van der Waals surface area contributed by atoms with Gasteiger partial charge >= 0.3 is 5.76 Å². The molecular formula is C20H23N3O5.